The number of aliphatic hydroxyl groups is 1. The number of aliphatic hydroxyl groups excluding tert-OH is 1. The Morgan fingerprint density at radius 1 is 1.02 bits per heavy atom. The number of likely N-dealkylation sites (N-methyl/N-ethyl adjacent to an activating group) is 1. The van der Waals surface area contributed by atoms with Crippen LogP contribution in [-0.2, 0) is 32.7 Å². The van der Waals surface area contributed by atoms with E-state index < -0.39 is 38.3 Å². The van der Waals surface area contributed by atoms with Gasteiger partial charge in [0.05, 0.1) is 29.4 Å². The molecule has 4 aromatic rings. The summed E-state index contributed by atoms with van der Waals surface area (Å²) in [6.45, 7) is 22.8. The molecule has 2 aromatic carbocycles. The van der Waals surface area contributed by atoms with Crippen LogP contribution < -0.4 is 10.2 Å². The van der Waals surface area contributed by atoms with Gasteiger partial charge >= 0.3 is 0 Å². The number of rotatable bonds is 14. The molecular formula is C39H58N4O5SSi2. The Morgan fingerprint density at radius 2 is 1.71 bits per heavy atom. The van der Waals surface area contributed by atoms with E-state index in [1.807, 2.05) is 51.2 Å². The maximum atomic E-state index is 13.9. The third-order valence-electron chi connectivity index (χ3n) is 10.1. The first-order valence-corrected chi connectivity index (χ1v) is 27.2. The maximum absolute atomic E-state index is 13.9. The average Bonchev–Trinajstić information content (AvgIpc) is 3.61. The highest BCUT2D eigenvalue weighted by atomic mass is 32.2. The summed E-state index contributed by atoms with van der Waals surface area (Å²) in [6.07, 6.45) is 6.25. The number of hydrogen-bond acceptors (Lipinski definition) is 6. The number of carbonyl (C=O) groups is 1. The maximum Gasteiger partial charge on any atom is 0.243 e. The number of nitrogens with zero attached hydrogens (tertiary/aromatic N) is 3. The van der Waals surface area contributed by atoms with E-state index in [0.29, 0.717) is 31.3 Å². The quantitative estimate of drug-likeness (QED) is 0.0801. The second-order valence-electron chi connectivity index (χ2n) is 17.0. The summed E-state index contributed by atoms with van der Waals surface area (Å²) in [5.74, 6) is -0.356. The van der Waals surface area contributed by atoms with E-state index in [1.54, 1.807) is 6.20 Å². The van der Waals surface area contributed by atoms with Crippen LogP contribution in [0.2, 0.25) is 51.4 Å². The van der Waals surface area contributed by atoms with Crippen molar-refractivity contribution >= 4 is 59.6 Å². The summed E-state index contributed by atoms with van der Waals surface area (Å²) in [5.41, 5.74) is 5.39. The Bertz CT molecular complexity index is 2010. The second-order valence-corrected chi connectivity index (χ2v) is 30.2. The lowest BCUT2D eigenvalue weighted by Gasteiger charge is -2.33. The molecule has 1 unspecified atom stereocenters. The average molecular weight is 751 g/mol. The fourth-order valence-electron chi connectivity index (χ4n) is 7.28. The number of anilines is 1. The van der Waals surface area contributed by atoms with Crippen molar-refractivity contribution in [3.63, 3.8) is 0 Å². The van der Waals surface area contributed by atoms with Crippen molar-refractivity contribution in [2.45, 2.75) is 96.4 Å². The molecular weight excluding hydrogens is 693 g/mol. The summed E-state index contributed by atoms with van der Waals surface area (Å²) < 4.78 is 37.9. The number of fused-ring (bicyclic) bond motifs is 1. The molecule has 0 radical (unpaired) electrons. The fourth-order valence-corrected chi connectivity index (χ4v) is 12.4. The van der Waals surface area contributed by atoms with Crippen molar-refractivity contribution in [3.05, 3.63) is 78.1 Å². The van der Waals surface area contributed by atoms with Gasteiger partial charge in [0.15, 0.2) is 0 Å². The van der Waals surface area contributed by atoms with Crippen molar-refractivity contribution in [3.8, 4) is 0 Å². The predicted octanol–water partition coefficient (Wildman–Crippen LogP) is 7.24. The van der Waals surface area contributed by atoms with Crippen LogP contribution in [0.1, 0.15) is 36.5 Å². The highest BCUT2D eigenvalue weighted by Gasteiger charge is 2.34. The van der Waals surface area contributed by atoms with Crippen LogP contribution >= 0.6 is 0 Å². The molecule has 5 rings (SSSR count). The molecule has 0 fully saturated rings. The van der Waals surface area contributed by atoms with Crippen LogP contribution in [0.3, 0.4) is 0 Å². The molecule has 9 nitrogen and oxygen atoms in total. The molecule has 3 atom stereocenters. The van der Waals surface area contributed by atoms with Crippen molar-refractivity contribution in [2.24, 2.45) is 5.92 Å². The van der Waals surface area contributed by atoms with Crippen LogP contribution in [0, 0.1) is 5.92 Å². The molecule has 0 spiro atoms. The molecule has 1 amide bonds. The second kappa shape index (κ2) is 15.1. The Kier molecular flexibility index (Phi) is 11.5. The molecule has 0 bridgehead atoms. The first kappa shape index (κ1) is 39.1. The lowest BCUT2D eigenvalue weighted by atomic mass is 9.88. The standard InChI is InChI=1S/C39H58N4O5SSi2/c1-11-30(33-24-43(34-15-13-12-14-31(33)34)49(46,47)19-21-51(8,9)10)32-16-17-35-36-28(23-42(38(32)36)26-48-18-20-50(5,6)7)22-29(25-44)40-39(45)37(27(2)3)41(35)4/h11-17,23-24,27,29-30,37,44H,1,18-22,25-26H2,2-10H3,(H,40,45)/t29-,30?,37-/m0/s1. The zero-order valence-electron chi connectivity index (χ0n) is 32.0. The number of allylic oxidation sites excluding steroid dienone is 1. The predicted molar refractivity (Wildman–Crippen MR) is 217 cm³/mol. The molecule has 3 heterocycles. The monoisotopic (exact) mass is 750 g/mol. The van der Waals surface area contributed by atoms with Crippen LogP contribution in [0.4, 0.5) is 5.69 Å². The molecule has 1 aliphatic heterocycles. The van der Waals surface area contributed by atoms with Crippen molar-refractivity contribution in [1.82, 2.24) is 13.9 Å². The number of hydrogen-bond donors (Lipinski definition) is 2. The Morgan fingerprint density at radius 3 is 2.33 bits per heavy atom. The van der Waals surface area contributed by atoms with Gasteiger partial charge in [-0.1, -0.05) is 83.5 Å². The van der Waals surface area contributed by atoms with Crippen LogP contribution in [-0.4, -0.2) is 82.2 Å². The Labute approximate surface area is 306 Å². The Balaban J connectivity index is 1.75. The van der Waals surface area contributed by atoms with E-state index in [-0.39, 0.29) is 30.1 Å². The van der Waals surface area contributed by atoms with E-state index in [1.165, 1.54) is 3.97 Å². The van der Waals surface area contributed by atoms with E-state index in [4.69, 9.17) is 4.74 Å². The summed E-state index contributed by atoms with van der Waals surface area (Å²) >= 11 is 0. The van der Waals surface area contributed by atoms with Gasteiger partial charge in [-0.2, -0.15) is 0 Å². The largest absolute Gasteiger partial charge is 0.394 e. The fraction of sp³-hybridized carbons (Fsp3) is 0.513. The van der Waals surface area contributed by atoms with Crippen molar-refractivity contribution in [1.29, 1.82) is 0 Å². The topological polar surface area (TPSA) is 106 Å². The van der Waals surface area contributed by atoms with Gasteiger partial charge in [-0.15, -0.1) is 6.58 Å². The zero-order chi connectivity index (χ0) is 37.5. The van der Waals surface area contributed by atoms with Crippen LogP contribution in [0.15, 0.2) is 61.4 Å². The van der Waals surface area contributed by atoms with Gasteiger partial charge in [0.25, 0.3) is 0 Å². The first-order chi connectivity index (χ1) is 23.9. The normalized spacial score (nSPS) is 18.2. The van der Waals surface area contributed by atoms with Gasteiger partial charge in [0, 0.05) is 64.6 Å². The molecule has 0 saturated carbocycles. The minimum absolute atomic E-state index is 0.00700. The van der Waals surface area contributed by atoms with E-state index in [9.17, 15) is 18.3 Å². The van der Waals surface area contributed by atoms with Gasteiger partial charge in [0.1, 0.15) is 12.8 Å². The summed E-state index contributed by atoms with van der Waals surface area (Å²) in [6, 6.07) is 12.7. The van der Waals surface area contributed by atoms with Gasteiger partial charge in [-0.25, -0.2) is 12.4 Å². The molecule has 2 N–H and O–H groups in total. The Hall–Kier alpha value is -3.17. The molecule has 0 aliphatic carbocycles. The van der Waals surface area contributed by atoms with E-state index in [2.05, 4.69) is 79.0 Å². The lowest BCUT2D eigenvalue weighted by molar-refractivity contribution is -0.124. The smallest absolute Gasteiger partial charge is 0.243 e. The van der Waals surface area contributed by atoms with Crippen LogP contribution in [0.5, 0.6) is 0 Å². The van der Waals surface area contributed by atoms with Gasteiger partial charge in [0.2, 0.25) is 15.9 Å². The summed E-state index contributed by atoms with van der Waals surface area (Å²) in [7, 11) is -4.59. The molecule has 51 heavy (non-hydrogen) atoms. The van der Waals surface area contributed by atoms with Crippen molar-refractivity contribution < 1.29 is 23.1 Å². The first-order valence-electron chi connectivity index (χ1n) is 18.2. The SMILES string of the molecule is C=CC(c1cn(S(=O)(=O)CC[Si](C)(C)C)c2ccccc12)c1ccc2c3c(cn(COCC[Si](C)(C)C)c13)C[C@@H](CO)NC(=O)[C@H](C(C)C)N2C. The number of amides is 1. The third kappa shape index (κ3) is 8.40. The minimum Gasteiger partial charge on any atom is -0.394 e. The minimum atomic E-state index is -3.62. The molecule has 12 heteroatoms. The molecule has 278 valence electrons. The molecule has 0 saturated heterocycles. The number of benzene rings is 2. The third-order valence-corrected chi connectivity index (χ3v) is 15.5. The highest BCUT2D eigenvalue weighted by molar-refractivity contribution is 7.90. The number of aromatic nitrogens is 2. The molecule has 1 aliphatic rings. The van der Waals surface area contributed by atoms with E-state index >= 15 is 0 Å². The number of carbonyl (C=O) groups excluding carboxylic acids is 1. The number of ether oxygens (including phenoxy) is 1. The van der Waals surface area contributed by atoms with Gasteiger partial charge in [-0.05, 0) is 53.3 Å². The number of para-hydroxylation sites is 1. The summed E-state index contributed by atoms with van der Waals surface area (Å²) in [5, 5.41) is 15.4. The van der Waals surface area contributed by atoms with Crippen molar-refractivity contribution in [2.75, 3.05) is 30.9 Å². The lowest BCUT2D eigenvalue weighted by Crippen LogP contribution is -2.52. The van der Waals surface area contributed by atoms with E-state index in [0.717, 1.165) is 44.7 Å². The summed E-state index contributed by atoms with van der Waals surface area (Å²) in [4.78, 5) is 15.7. The van der Waals surface area contributed by atoms with Crippen LogP contribution in [0.25, 0.3) is 21.8 Å². The molecule has 2 aromatic heterocycles. The zero-order valence-corrected chi connectivity index (χ0v) is 34.8. The highest BCUT2D eigenvalue weighted by Crippen LogP contribution is 2.43. The number of nitrogens with one attached hydrogen (secondary N) is 1. The van der Waals surface area contributed by atoms with Gasteiger partial charge < -0.3 is 24.6 Å². The van der Waals surface area contributed by atoms with Gasteiger partial charge in [-0.3, -0.25) is 4.79 Å².